The number of rotatable bonds is 4. The number of hydrogen-bond donors (Lipinski definition) is 3. The van der Waals surface area contributed by atoms with E-state index < -0.39 is 0 Å². The Hall–Kier alpha value is -3.91. The molecule has 0 radical (unpaired) electrons. The number of anilines is 1. The zero-order chi connectivity index (χ0) is 22.4. The Bertz CT molecular complexity index is 1440. The predicted octanol–water partition coefficient (Wildman–Crippen LogP) is 4.18. The van der Waals surface area contributed by atoms with Crippen molar-refractivity contribution in [2.24, 2.45) is 5.73 Å². The lowest BCUT2D eigenvalue weighted by molar-refractivity contribution is 0.408. The fourth-order valence-corrected chi connectivity index (χ4v) is 4.83. The molecule has 2 atom stereocenters. The van der Waals surface area contributed by atoms with Gasteiger partial charge in [0.05, 0.1) is 29.6 Å². The molecule has 1 saturated heterocycles. The highest BCUT2D eigenvalue weighted by molar-refractivity contribution is 5.92. The van der Waals surface area contributed by atoms with E-state index in [0.717, 1.165) is 70.0 Å². The SMILES string of the molecule is COc1cccc(-c2cccc3[nH]c(C4CC(N)CCN4c4ncnc5[nH]ccc45)nc23)c1. The molecule has 0 saturated carbocycles. The van der Waals surface area contributed by atoms with E-state index in [4.69, 9.17) is 15.5 Å². The van der Waals surface area contributed by atoms with Crippen molar-refractivity contribution < 1.29 is 4.74 Å². The molecule has 0 bridgehead atoms. The Morgan fingerprint density at radius 2 is 2.03 bits per heavy atom. The van der Waals surface area contributed by atoms with E-state index in [1.165, 1.54) is 0 Å². The number of nitrogens with one attached hydrogen (secondary N) is 2. The molecule has 166 valence electrons. The van der Waals surface area contributed by atoms with Gasteiger partial charge in [-0.2, -0.15) is 0 Å². The zero-order valence-electron chi connectivity index (χ0n) is 18.3. The summed E-state index contributed by atoms with van der Waals surface area (Å²) in [7, 11) is 1.68. The second-order valence-electron chi connectivity index (χ2n) is 8.49. The summed E-state index contributed by atoms with van der Waals surface area (Å²) in [6.45, 7) is 0.808. The fourth-order valence-electron chi connectivity index (χ4n) is 4.83. The van der Waals surface area contributed by atoms with Gasteiger partial charge in [-0.05, 0) is 42.7 Å². The van der Waals surface area contributed by atoms with Crippen LogP contribution in [0.1, 0.15) is 24.7 Å². The summed E-state index contributed by atoms with van der Waals surface area (Å²) < 4.78 is 5.43. The van der Waals surface area contributed by atoms with Gasteiger partial charge in [0.15, 0.2) is 0 Å². The Balaban J connectivity index is 1.46. The van der Waals surface area contributed by atoms with E-state index in [1.807, 2.05) is 30.5 Å². The molecular formula is C25H25N7O. The number of aromatic nitrogens is 5. The molecule has 0 amide bonds. The van der Waals surface area contributed by atoms with Crippen LogP contribution >= 0.6 is 0 Å². The Morgan fingerprint density at radius 3 is 2.94 bits per heavy atom. The van der Waals surface area contributed by atoms with E-state index in [0.29, 0.717) is 0 Å². The summed E-state index contributed by atoms with van der Waals surface area (Å²) in [5, 5.41) is 1.01. The third-order valence-corrected chi connectivity index (χ3v) is 6.48. The summed E-state index contributed by atoms with van der Waals surface area (Å²) in [4.78, 5) is 23.2. The minimum atomic E-state index is -0.00712. The van der Waals surface area contributed by atoms with Crippen LogP contribution in [0.4, 0.5) is 5.82 Å². The third-order valence-electron chi connectivity index (χ3n) is 6.48. The Kier molecular flexibility index (Phi) is 4.73. The van der Waals surface area contributed by atoms with Gasteiger partial charge in [0.2, 0.25) is 0 Å². The summed E-state index contributed by atoms with van der Waals surface area (Å²) in [6, 6.07) is 16.4. The summed E-state index contributed by atoms with van der Waals surface area (Å²) in [5.74, 6) is 2.63. The van der Waals surface area contributed by atoms with Gasteiger partial charge in [-0.15, -0.1) is 0 Å². The van der Waals surface area contributed by atoms with Gasteiger partial charge in [-0.1, -0.05) is 24.3 Å². The molecule has 1 aliphatic rings. The average Bonchev–Trinajstić information content (AvgIpc) is 3.51. The molecule has 3 aromatic heterocycles. The van der Waals surface area contributed by atoms with Crippen LogP contribution in [0.3, 0.4) is 0 Å². The topological polar surface area (TPSA) is 109 Å². The minimum Gasteiger partial charge on any atom is -0.497 e. The molecule has 33 heavy (non-hydrogen) atoms. The second-order valence-corrected chi connectivity index (χ2v) is 8.49. The molecule has 1 fully saturated rings. The van der Waals surface area contributed by atoms with Gasteiger partial charge >= 0.3 is 0 Å². The number of imidazole rings is 1. The first-order valence-electron chi connectivity index (χ1n) is 11.1. The smallest absolute Gasteiger partial charge is 0.142 e. The van der Waals surface area contributed by atoms with Gasteiger partial charge in [0, 0.05) is 24.3 Å². The molecule has 8 heteroatoms. The van der Waals surface area contributed by atoms with Crippen molar-refractivity contribution in [1.29, 1.82) is 0 Å². The largest absolute Gasteiger partial charge is 0.497 e. The van der Waals surface area contributed by atoms with Crippen LogP contribution in [-0.2, 0) is 0 Å². The standard InChI is InChI=1S/C25H25N7O/c1-33-17-5-2-4-15(12-17)18-6-3-7-20-22(18)31-24(30-20)21-13-16(26)9-11-32(21)25-19-8-10-27-23(19)28-14-29-25/h2-8,10,12,14,16,21H,9,11,13,26H2,1H3,(H,30,31)(H,27,28,29). The highest BCUT2D eigenvalue weighted by Gasteiger charge is 2.32. The molecule has 8 nitrogen and oxygen atoms in total. The number of piperidine rings is 1. The molecule has 5 aromatic rings. The summed E-state index contributed by atoms with van der Waals surface area (Å²) >= 11 is 0. The average molecular weight is 440 g/mol. The normalized spacial score (nSPS) is 18.8. The van der Waals surface area contributed by atoms with Crippen LogP contribution in [0.5, 0.6) is 5.75 Å². The maximum absolute atomic E-state index is 6.42. The van der Waals surface area contributed by atoms with Crippen molar-refractivity contribution in [2.75, 3.05) is 18.6 Å². The van der Waals surface area contributed by atoms with Crippen LogP contribution in [0, 0.1) is 0 Å². The van der Waals surface area contributed by atoms with Crippen molar-refractivity contribution in [3.8, 4) is 16.9 Å². The van der Waals surface area contributed by atoms with Crippen LogP contribution < -0.4 is 15.4 Å². The second kappa shape index (κ2) is 7.90. The van der Waals surface area contributed by atoms with Gasteiger partial charge in [0.25, 0.3) is 0 Å². The number of ether oxygens (including phenoxy) is 1. The molecule has 0 aliphatic carbocycles. The molecule has 2 aromatic carbocycles. The number of hydrogen-bond acceptors (Lipinski definition) is 6. The van der Waals surface area contributed by atoms with Gasteiger partial charge < -0.3 is 25.3 Å². The van der Waals surface area contributed by atoms with Crippen LogP contribution in [0.15, 0.2) is 61.1 Å². The first-order valence-corrected chi connectivity index (χ1v) is 11.1. The first kappa shape index (κ1) is 19.8. The third kappa shape index (κ3) is 3.39. The maximum atomic E-state index is 6.42. The van der Waals surface area contributed by atoms with Gasteiger partial charge in [0.1, 0.15) is 29.4 Å². The van der Waals surface area contributed by atoms with E-state index in [1.54, 1.807) is 13.4 Å². The molecule has 0 spiro atoms. The van der Waals surface area contributed by atoms with Crippen molar-refractivity contribution >= 4 is 27.9 Å². The van der Waals surface area contributed by atoms with E-state index in [2.05, 4.69) is 49.1 Å². The van der Waals surface area contributed by atoms with E-state index in [9.17, 15) is 0 Å². The number of benzene rings is 2. The molecular weight excluding hydrogens is 414 g/mol. The van der Waals surface area contributed by atoms with E-state index >= 15 is 0 Å². The predicted molar refractivity (Wildman–Crippen MR) is 129 cm³/mol. The lowest BCUT2D eigenvalue weighted by atomic mass is 9.97. The van der Waals surface area contributed by atoms with Crippen molar-refractivity contribution in [1.82, 2.24) is 24.9 Å². The monoisotopic (exact) mass is 439 g/mol. The van der Waals surface area contributed by atoms with E-state index in [-0.39, 0.29) is 12.1 Å². The minimum absolute atomic E-state index is 0.00712. The molecule has 1 aliphatic heterocycles. The lowest BCUT2D eigenvalue weighted by Crippen LogP contribution is -2.43. The Labute approximate surface area is 190 Å². The number of fused-ring (bicyclic) bond motifs is 2. The fraction of sp³-hybridized carbons (Fsp3) is 0.240. The van der Waals surface area contributed by atoms with Gasteiger partial charge in [-0.25, -0.2) is 15.0 Å². The van der Waals surface area contributed by atoms with Crippen molar-refractivity contribution in [3.63, 3.8) is 0 Å². The quantitative estimate of drug-likeness (QED) is 0.388. The summed E-state index contributed by atoms with van der Waals surface area (Å²) in [5.41, 5.74) is 11.3. The van der Waals surface area contributed by atoms with Crippen molar-refractivity contribution in [2.45, 2.75) is 24.9 Å². The number of nitrogens with zero attached hydrogens (tertiary/aromatic N) is 4. The summed E-state index contributed by atoms with van der Waals surface area (Å²) in [6.07, 6.45) is 5.21. The van der Waals surface area contributed by atoms with Crippen LogP contribution in [0.2, 0.25) is 0 Å². The number of aromatic amines is 2. The zero-order valence-corrected chi connectivity index (χ0v) is 18.3. The number of para-hydroxylation sites is 1. The lowest BCUT2D eigenvalue weighted by Gasteiger charge is -2.38. The highest BCUT2D eigenvalue weighted by atomic mass is 16.5. The maximum Gasteiger partial charge on any atom is 0.142 e. The van der Waals surface area contributed by atoms with Crippen LogP contribution in [-0.4, -0.2) is 44.6 Å². The molecule has 6 rings (SSSR count). The van der Waals surface area contributed by atoms with Crippen LogP contribution in [0.25, 0.3) is 33.2 Å². The molecule has 2 unspecified atom stereocenters. The number of nitrogens with two attached hydrogens (primary N) is 1. The number of H-pyrrole nitrogens is 2. The van der Waals surface area contributed by atoms with Gasteiger partial charge in [-0.3, -0.25) is 0 Å². The van der Waals surface area contributed by atoms with Crippen molar-refractivity contribution in [3.05, 3.63) is 66.9 Å². The first-order chi connectivity index (χ1) is 16.2. The molecule has 4 heterocycles. The Morgan fingerprint density at radius 1 is 1.12 bits per heavy atom. The highest BCUT2D eigenvalue weighted by Crippen LogP contribution is 2.37. The molecule has 4 N–H and O–H groups in total. The number of methoxy groups -OCH3 is 1.